The molecule has 74 valence electrons. The van der Waals surface area contributed by atoms with Crippen LogP contribution in [0.2, 0.25) is 0 Å². The second kappa shape index (κ2) is 3.81. The first-order chi connectivity index (χ1) is 6.31. The van der Waals surface area contributed by atoms with Crippen molar-refractivity contribution in [1.29, 1.82) is 0 Å². The first-order valence-electron chi connectivity index (χ1n) is 5.38. The second-order valence-corrected chi connectivity index (χ2v) is 4.37. The summed E-state index contributed by atoms with van der Waals surface area (Å²) in [6.45, 7) is 3.87. The van der Waals surface area contributed by atoms with Crippen LogP contribution in [0.5, 0.6) is 0 Å². The largest absolute Gasteiger partial charge is 0.379 e. The summed E-state index contributed by atoms with van der Waals surface area (Å²) in [5.41, 5.74) is 0. The molecule has 2 fully saturated rings. The van der Waals surface area contributed by atoms with Gasteiger partial charge in [-0.25, -0.2) is 0 Å². The number of piperidine rings is 1. The van der Waals surface area contributed by atoms with Crippen LogP contribution in [0.4, 0.5) is 0 Å². The number of aliphatic hydroxyl groups excluding tert-OH is 1. The van der Waals surface area contributed by atoms with E-state index < -0.39 is 0 Å². The first kappa shape index (κ1) is 9.22. The highest BCUT2D eigenvalue weighted by atomic mass is 16.3. The topological polar surface area (TPSA) is 32.3 Å². The molecule has 1 heterocycles. The van der Waals surface area contributed by atoms with Gasteiger partial charge in [-0.2, -0.15) is 0 Å². The Labute approximate surface area is 80.0 Å². The quantitative estimate of drug-likeness (QED) is 0.603. The van der Waals surface area contributed by atoms with Gasteiger partial charge in [0.1, 0.15) is 6.23 Å². The van der Waals surface area contributed by atoms with E-state index in [1.54, 1.807) is 0 Å². The van der Waals surface area contributed by atoms with Crippen molar-refractivity contribution in [1.82, 2.24) is 5.32 Å². The molecule has 0 bridgehead atoms. The van der Waals surface area contributed by atoms with Crippen LogP contribution in [0.25, 0.3) is 0 Å². The Bertz CT molecular complexity index is 193. The van der Waals surface area contributed by atoms with Gasteiger partial charge in [0.2, 0.25) is 0 Å². The van der Waals surface area contributed by atoms with Gasteiger partial charge >= 0.3 is 0 Å². The summed E-state index contributed by atoms with van der Waals surface area (Å²) in [5, 5.41) is 12.9. The average molecular weight is 181 g/mol. The molecule has 0 aromatic rings. The van der Waals surface area contributed by atoms with Gasteiger partial charge in [0, 0.05) is 6.04 Å². The molecule has 2 N–H and O–H groups in total. The van der Waals surface area contributed by atoms with Crippen molar-refractivity contribution in [3.63, 3.8) is 0 Å². The molecule has 0 aromatic carbocycles. The molecule has 0 spiro atoms. The molecule has 2 aliphatic rings. The molecule has 13 heavy (non-hydrogen) atoms. The molecular weight excluding hydrogens is 162 g/mol. The number of rotatable bonds is 1. The Morgan fingerprint density at radius 1 is 1.31 bits per heavy atom. The molecule has 2 rings (SSSR count). The zero-order valence-corrected chi connectivity index (χ0v) is 8.08. The molecule has 0 radical (unpaired) electrons. The normalized spacial score (nSPS) is 45.3. The number of allylic oxidation sites excluding steroid dienone is 1. The van der Waals surface area contributed by atoms with Crippen molar-refractivity contribution >= 4 is 0 Å². The van der Waals surface area contributed by atoms with E-state index in [-0.39, 0.29) is 6.23 Å². The molecule has 4 unspecified atom stereocenters. The zero-order valence-electron chi connectivity index (χ0n) is 8.08. The van der Waals surface area contributed by atoms with Crippen molar-refractivity contribution in [3.05, 3.63) is 12.7 Å². The van der Waals surface area contributed by atoms with E-state index in [2.05, 4.69) is 11.9 Å². The van der Waals surface area contributed by atoms with Gasteiger partial charge in [-0.3, -0.25) is 5.32 Å². The van der Waals surface area contributed by atoms with Gasteiger partial charge in [0.05, 0.1) is 0 Å². The van der Waals surface area contributed by atoms with Gasteiger partial charge in [-0.05, 0) is 31.1 Å². The lowest BCUT2D eigenvalue weighted by molar-refractivity contribution is 0.0211. The van der Waals surface area contributed by atoms with E-state index >= 15 is 0 Å². The number of fused-ring (bicyclic) bond motifs is 1. The Hall–Kier alpha value is -0.340. The van der Waals surface area contributed by atoms with Gasteiger partial charge in [-0.15, -0.1) is 6.58 Å². The summed E-state index contributed by atoms with van der Waals surface area (Å²) in [6, 6.07) is 0.542. The summed E-state index contributed by atoms with van der Waals surface area (Å²) in [4.78, 5) is 0. The van der Waals surface area contributed by atoms with Crippen molar-refractivity contribution in [3.8, 4) is 0 Å². The summed E-state index contributed by atoms with van der Waals surface area (Å²) in [7, 11) is 0. The van der Waals surface area contributed by atoms with Gasteiger partial charge < -0.3 is 5.11 Å². The van der Waals surface area contributed by atoms with Gasteiger partial charge in [-0.1, -0.05) is 18.9 Å². The minimum absolute atomic E-state index is 0.303. The monoisotopic (exact) mass is 181 g/mol. The molecule has 0 aromatic heterocycles. The lowest BCUT2D eigenvalue weighted by Gasteiger charge is -2.43. The smallest absolute Gasteiger partial charge is 0.105 e. The Morgan fingerprint density at radius 3 is 2.85 bits per heavy atom. The van der Waals surface area contributed by atoms with E-state index in [4.69, 9.17) is 0 Å². The highest BCUT2D eigenvalue weighted by Gasteiger charge is 2.36. The maximum absolute atomic E-state index is 9.59. The molecular formula is C11H19NO. The van der Waals surface area contributed by atoms with Crippen LogP contribution in [0.15, 0.2) is 12.7 Å². The van der Waals surface area contributed by atoms with Crippen molar-refractivity contribution in [2.24, 2.45) is 11.8 Å². The molecule has 0 amide bonds. The van der Waals surface area contributed by atoms with Crippen LogP contribution in [0, 0.1) is 11.8 Å². The maximum Gasteiger partial charge on any atom is 0.105 e. The number of aliphatic hydroxyl groups is 1. The third-order valence-corrected chi connectivity index (χ3v) is 3.57. The summed E-state index contributed by atoms with van der Waals surface area (Å²) in [6.07, 6.45) is 7.78. The lowest BCUT2D eigenvalue weighted by atomic mass is 9.72. The summed E-state index contributed by atoms with van der Waals surface area (Å²) >= 11 is 0. The van der Waals surface area contributed by atoms with Crippen LogP contribution in [0.1, 0.15) is 32.1 Å². The van der Waals surface area contributed by atoms with E-state index in [0.717, 1.165) is 12.3 Å². The lowest BCUT2D eigenvalue weighted by Crippen LogP contribution is -2.52. The van der Waals surface area contributed by atoms with E-state index in [1.165, 1.54) is 25.7 Å². The van der Waals surface area contributed by atoms with E-state index in [1.807, 2.05) is 6.08 Å². The van der Waals surface area contributed by atoms with Crippen LogP contribution < -0.4 is 5.32 Å². The Balaban J connectivity index is 2.06. The SMILES string of the molecule is C=CC1CC(O)NC2CCCCC12. The molecule has 4 atom stereocenters. The Kier molecular flexibility index (Phi) is 2.70. The molecule has 2 heteroatoms. The number of nitrogens with one attached hydrogen (secondary N) is 1. The van der Waals surface area contributed by atoms with E-state index in [0.29, 0.717) is 12.0 Å². The zero-order chi connectivity index (χ0) is 9.26. The van der Waals surface area contributed by atoms with Crippen LogP contribution in [-0.4, -0.2) is 17.4 Å². The molecule has 2 nitrogen and oxygen atoms in total. The average Bonchev–Trinajstić information content (AvgIpc) is 2.16. The molecule has 1 aliphatic heterocycles. The highest BCUT2D eigenvalue weighted by Crippen LogP contribution is 2.36. The molecule has 1 aliphatic carbocycles. The van der Waals surface area contributed by atoms with Gasteiger partial charge in [0.15, 0.2) is 0 Å². The van der Waals surface area contributed by atoms with Crippen LogP contribution in [0.3, 0.4) is 0 Å². The molecule has 1 saturated heterocycles. The number of hydrogen-bond acceptors (Lipinski definition) is 2. The second-order valence-electron chi connectivity index (χ2n) is 4.37. The highest BCUT2D eigenvalue weighted by molar-refractivity contribution is 4.97. The fraction of sp³-hybridized carbons (Fsp3) is 0.818. The molecule has 1 saturated carbocycles. The Morgan fingerprint density at radius 2 is 2.08 bits per heavy atom. The number of hydrogen-bond donors (Lipinski definition) is 2. The third-order valence-electron chi connectivity index (χ3n) is 3.57. The summed E-state index contributed by atoms with van der Waals surface area (Å²) < 4.78 is 0. The van der Waals surface area contributed by atoms with Crippen LogP contribution in [-0.2, 0) is 0 Å². The van der Waals surface area contributed by atoms with Crippen LogP contribution >= 0.6 is 0 Å². The minimum atomic E-state index is -0.303. The van der Waals surface area contributed by atoms with Crippen molar-refractivity contribution in [2.75, 3.05) is 0 Å². The van der Waals surface area contributed by atoms with Crippen molar-refractivity contribution < 1.29 is 5.11 Å². The summed E-state index contributed by atoms with van der Waals surface area (Å²) in [5.74, 6) is 1.26. The van der Waals surface area contributed by atoms with Crippen molar-refractivity contribution in [2.45, 2.75) is 44.4 Å². The fourth-order valence-electron chi connectivity index (χ4n) is 2.90. The van der Waals surface area contributed by atoms with E-state index in [9.17, 15) is 5.11 Å². The maximum atomic E-state index is 9.59. The fourth-order valence-corrected chi connectivity index (χ4v) is 2.90. The predicted molar refractivity (Wildman–Crippen MR) is 53.2 cm³/mol. The first-order valence-corrected chi connectivity index (χ1v) is 5.38. The van der Waals surface area contributed by atoms with Gasteiger partial charge in [0.25, 0.3) is 0 Å². The minimum Gasteiger partial charge on any atom is -0.379 e. The standard InChI is InChI=1S/C11H19NO/c1-2-8-7-11(13)12-10-6-4-3-5-9(8)10/h2,8-13H,1,3-7H2. The third kappa shape index (κ3) is 1.79. The predicted octanol–water partition coefficient (Wildman–Crippen LogP) is 1.66.